The zero-order chi connectivity index (χ0) is 13.9. The zero-order valence-corrected chi connectivity index (χ0v) is 12.0. The van der Waals surface area contributed by atoms with Gasteiger partial charge in [0.15, 0.2) is 0 Å². The van der Waals surface area contributed by atoms with E-state index >= 15 is 0 Å². The molecule has 0 spiro atoms. The third-order valence-corrected chi connectivity index (χ3v) is 4.14. The van der Waals surface area contributed by atoms with E-state index in [0.29, 0.717) is 6.04 Å². The molecular weight excluding hydrogens is 252 g/mol. The van der Waals surface area contributed by atoms with Gasteiger partial charge in [-0.1, -0.05) is 6.07 Å². The zero-order valence-electron chi connectivity index (χ0n) is 12.0. The number of hydrogen-bond donors (Lipinski definition) is 1. The summed E-state index contributed by atoms with van der Waals surface area (Å²) in [5.74, 6) is 1.21. The highest BCUT2D eigenvalue weighted by atomic mass is 16.2. The molecule has 1 aromatic heterocycles. The van der Waals surface area contributed by atoms with E-state index in [1.165, 1.54) is 0 Å². The van der Waals surface area contributed by atoms with Gasteiger partial charge >= 0.3 is 0 Å². The van der Waals surface area contributed by atoms with Gasteiger partial charge < -0.3 is 10.2 Å². The number of nitrogens with zero attached hydrogens (tertiary/aromatic N) is 3. The van der Waals surface area contributed by atoms with E-state index < -0.39 is 0 Å². The Morgan fingerprint density at radius 1 is 1.30 bits per heavy atom. The number of hydrogen-bond acceptors (Lipinski definition) is 4. The molecule has 2 heterocycles. The van der Waals surface area contributed by atoms with Crippen LogP contribution in [0, 0.1) is 0 Å². The minimum atomic E-state index is -0.0264. The highest BCUT2D eigenvalue weighted by Crippen LogP contribution is 2.19. The summed E-state index contributed by atoms with van der Waals surface area (Å²) in [6, 6.07) is 6.41. The smallest absolute Gasteiger partial charge is 0.237 e. The quantitative estimate of drug-likeness (QED) is 0.885. The van der Waals surface area contributed by atoms with Crippen LogP contribution in [0.5, 0.6) is 0 Å². The Labute approximate surface area is 120 Å². The molecule has 1 saturated carbocycles. The number of aromatic nitrogens is 1. The van der Waals surface area contributed by atoms with E-state index in [2.05, 4.69) is 20.1 Å². The molecule has 20 heavy (non-hydrogen) atoms. The lowest BCUT2D eigenvalue weighted by atomic mass is 10.2. The predicted octanol–water partition coefficient (Wildman–Crippen LogP) is 0.871. The van der Waals surface area contributed by atoms with Crippen LogP contribution in [0.3, 0.4) is 0 Å². The molecule has 5 heteroatoms. The molecule has 1 aliphatic carbocycles. The van der Waals surface area contributed by atoms with Gasteiger partial charge in [0.1, 0.15) is 5.82 Å². The van der Waals surface area contributed by atoms with Crippen molar-refractivity contribution in [3.63, 3.8) is 0 Å². The van der Waals surface area contributed by atoms with Crippen molar-refractivity contribution in [3.05, 3.63) is 24.4 Å². The van der Waals surface area contributed by atoms with Crippen molar-refractivity contribution in [3.8, 4) is 0 Å². The number of piperazine rings is 1. The Morgan fingerprint density at radius 3 is 2.65 bits per heavy atom. The normalized spacial score (nSPS) is 21.6. The Kier molecular flexibility index (Phi) is 3.87. The second-order valence-electron chi connectivity index (χ2n) is 5.67. The summed E-state index contributed by atoms with van der Waals surface area (Å²) in [5.41, 5.74) is 0. The maximum atomic E-state index is 12.1. The van der Waals surface area contributed by atoms with Crippen molar-refractivity contribution in [2.45, 2.75) is 31.8 Å². The number of rotatable bonds is 4. The lowest BCUT2D eigenvalue weighted by molar-refractivity contribution is -0.126. The molecule has 0 bridgehead atoms. The van der Waals surface area contributed by atoms with E-state index in [1.54, 1.807) is 0 Å². The Morgan fingerprint density at radius 2 is 2.05 bits per heavy atom. The highest BCUT2D eigenvalue weighted by molar-refractivity contribution is 5.81. The predicted molar refractivity (Wildman–Crippen MR) is 78.6 cm³/mol. The molecule has 1 atom stereocenters. The van der Waals surface area contributed by atoms with Gasteiger partial charge in [0.2, 0.25) is 5.91 Å². The molecule has 2 aliphatic rings. The molecule has 1 saturated heterocycles. The van der Waals surface area contributed by atoms with Crippen molar-refractivity contribution < 1.29 is 4.79 Å². The van der Waals surface area contributed by atoms with Crippen LogP contribution in [0.25, 0.3) is 0 Å². The van der Waals surface area contributed by atoms with Crippen molar-refractivity contribution in [1.29, 1.82) is 0 Å². The molecular formula is C15H22N4O. The van der Waals surface area contributed by atoms with E-state index in [1.807, 2.05) is 31.3 Å². The first kappa shape index (κ1) is 13.4. The van der Waals surface area contributed by atoms with Gasteiger partial charge in [-0.05, 0) is 31.9 Å². The van der Waals surface area contributed by atoms with Crippen molar-refractivity contribution in [1.82, 2.24) is 15.2 Å². The van der Waals surface area contributed by atoms with Gasteiger partial charge in [-0.2, -0.15) is 0 Å². The van der Waals surface area contributed by atoms with Crippen LogP contribution in [-0.2, 0) is 4.79 Å². The molecule has 0 radical (unpaired) electrons. The van der Waals surface area contributed by atoms with Crippen LogP contribution in [0.2, 0.25) is 0 Å². The molecule has 1 aromatic rings. The SMILES string of the molecule is C[C@@H](C(=O)NC1CC1)N1CCN(c2ccccn2)CC1. The van der Waals surface area contributed by atoms with Gasteiger partial charge in [-0.25, -0.2) is 4.98 Å². The van der Waals surface area contributed by atoms with Crippen LogP contribution in [0.15, 0.2) is 24.4 Å². The first-order valence-electron chi connectivity index (χ1n) is 7.44. The summed E-state index contributed by atoms with van der Waals surface area (Å²) >= 11 is 0. The maximum absolute atomic E-state index is 12.1. The Balaban J connectivity index is 1.51. The van der Waals surface area contributed by atoms with Crippen molar-refractivity contribution >= 4 is 11.7 Å². The van der Waals surface area contributed by atoms with Crippen molar-refractivity contribution in [2.75, 3.05) is 31.1 Å². The molecule has 1 aliphatic heterocycles. The molecule has 3 rings (SSSR count). The summed E-state index contributed by atoms with van der Waals surface area (Å²) in [4.78, 5) is 21.0. The molecule has 108 valence electrons. The Bertz CT molecular complexity index is 452. The molecule has 0 aromatic carbocycles. The highest BCUT2D eigenvalue weighted by Gasteiger charge is 2.30. The second kappa shape index (κ2) is 5.79. The van der Waals surface area contributed by atoms with Gasteiger partial charge in [0, 0.05) is 38.4 Å². The van der Waals surface area contributed by atoms with Gasteiger partial charge in [-0.15, -0.1) is 0 Å². The van der Waals surface area contributed by atoms with Crippen molar-refractivity contribution in [2.24, 2.45) is 0 Å². The number of pyridine rings is 1. The summed E-state index contributed by atoms with van der Waals surface area (Å²) in [6.45, 7) is 5.69. The number of carbonyl (C=O) groups is 1. The van der Waals surface area contributed by atoms with Crippen LogP contribution in [-0.4, -0.2) is 54.1 Å². The lowest BCUT2D eigenvalue weighted by Crippen LogP contribution is -2.54. The van der Waals surface area contributed by atoms with Crippen LogP contribution < -0.4 is 10.2 Å². The van der Waals surface area contributed by atoms with Crippen LogP contribution in [0.4, 0.5) is 5.82 Å². The average Bonchev–Trinajstić information content (AvgIpc) is 3.31. The third-order valence-electron chi connectivity index (χ3n) is 4.14. The average molecular weight is 274 g/mol. The van der Waals surface area contributed by atoms with E-state index in [4.69, 9.17) is 0 Å². The fourth-order valence-corrected chi connectivity index (χ4v) is 2.59. The maximum Gasteiger partial charge on any atom is 0.237 e. The van der Waals surface area contributed by atoms with Gasteiger partial charge in [0.25, 0.3) is 0 Å². The second-order valence-corrected chi connectivity index (χ2v) is 5.67. The molecule has 2 fully saturated rings. The number of amides is 1. The molecule has 5 nitrogen and oxygen atoms in total. The summed E-state index contributed by atoms with van der Waals surface area (Å²) < 4.78 is 0. The fraction of sp³-hybridized carbons (Fsp3) is 0.600. The van der Waals surface area contributed by atoms with Gasteiger partial charge in [0.05, 0.1) is 6.04 Å². The molecule has 1 amide bonds. The monoisotopic (exact) mass is 274 g/mol. The molecule has 1 N–H and O–H groups in total. The van der Waals surface area contributed by atoms with Crippen LogP contribution >= 0.6 is 0 Å². The Hall–Kier alpha value is -1.62. The standard InChI is InChI=1S/C15H22N4O/c1-12(15(20)17-13-5-6-13)18-8-10-19(11-9-18)14-4-2-3-7-16-14/h2-4,7,12-13H,5-6,8-11H2,1H3,(H,17,20)/t12-/m0/s1. The first-order chi connectivity index (χ1) is 9.74. The fourth-order valence-electron chi connectivity index (χ4n) is 2.59. The number of nitrogens with one attached hydrogen (secondary N) is 1. The van der Waals surface area contributed by atoms with Crippen LogP contribution in [0.1, 0.15) is 19.8 Å². The third kappa shape index (κ3) is 3.10. The molecule has 0 unspecified atom stereocenters. The largest absolute Gasteiger partial charge is 0.354 e. The minimum absolute atomic E-state index is 0.0264. The topological polar surface area (TPSA) is 48.5 Å². The number of anilines is 1. The van der Waals surface area contributed by atoms with E-state index in [-0.39, 0.29) is 11.9 Å². The number of carbonyl (C=O) groups excluding carboxylic acids is 1. The summed E-state index contributed by atoms with van der Waals surface area (Å²) in [5, 5.41) is 3.09. The van der Waals surface area contributed by atoms with E-state index in [9.17, 15) is 4.79 Å². The van der Waals surface area contributed by atoms with Gasteiger partial charge in [-0.3, -0.25) is 9.69 Å². The lowest BCUT2D eigenvalue weighted by Gasteiger charge is -2.37. The summed E-state index contributed by atoms with van der Waals surface area (Å²) in [6.07, 6.45) is 4.12. The van der Waals surface area contributed by atoms with E-state index in [0.717, 1.165) is 44.8 Å². The first-order valence-corrected chi connectivity index (χ1v) is 7.44. The minimum Gasteiger partial charge on any atom is -0.354 e. The summed E-state index contributed by atoms with van der Waals surface area (Å²) in [7, 11) is 0.